The maximum Gasteiger partial charge on any atom is 0.341 e. The average molecular weight is 508 g/mol. The van der Waals surface area contributed by atoms with Crippen molar-refractivity contribution in [1.82, 2.24) is 4.72 Å². The van der Waals surface area contributed by atoms with E-state index in [0.29, 0.717) is 15.5 Å². The smallest absolute Gasteiger partial charge is 0.341 e. The van der Waals surface area contributed by atoms with E-state index in [4.69, 9.17) is 21.4 Å². The molecule has 172 valence electrons. The minimum absolute atomic E-state index is 0.00439. The van der Waals surface area contributed by atoms with Gasteiger partial charge in [0, 0.05) is 15.8 Å². The van der Waals surface area contributed by atoms with E-state index in [2.05, 4.69) is 4.72 Å². The molecule has 0 amide bonds. The van der Waals surface area contributed by atoms with Crippen LogP contribution >= 0.6 is 22.9 Å². The van der Waals surface area contributed by atoms with Crippen LogP contribution in [0.15, 0.2) is 64.9 Å². The van der Waals surface area contributed by atoms with Crippen LogP contribution in [0.5, 0.6) is 5.75 Å². The highest BCUT2D eigenvalue weighted by molar-refractivity contribution is 7.91. The van der Waals surface area contributed by atoms with Gasteiger partial charge in [-0.2, -0.15) is 4.72 Å². The zero-order valence-corrected chi connectivity index (χ0v) is 19.3. The number of halogens is 1. The number of ether oxygens (including phenoxy) is 1. The van der Waals surface area contributed by atoms with Crippen LogP contribution in [-0.4, -0.2) is 42.7 Å². The van der Waals surface area contributed by atoms with Crippen LogP contribution in [0.25, 0.3) is 10.4 Å². The number of benzene rings is 2. The third kappa shape index (κ3) is 4.74. The van der Waals surface area contributed by atoms with E-state index in [0.717, 1.165) is 16.9 Å². The number of carboxylic acid groups (broad SMARTS) is 2. The number of carbonyl (C=O) groups is 2. The minimum Gasteiger partial charge on any atom is -0.482 e. The fourth-order valence-electron chi connectivity index (χ4n) is 3.59. The van der Waals surface area contributed by atoms with Gasteiger partial charge in [0.15, 0.2) is 6.61 Å². The fraction of sp³-hybridized carbons (Fsp3) is 0.182. The molecule has 1 aliphatic rings. The Balaban J connectivity index is 1.59. The zero-order chi connectivity index (χ0) is 23.8. The highest BCUT2D eigenvalue weighted by atomic mass is 35.5. The molecule has 1 aliphatic carbocycles. The molecule has 0 aliphatic heterocycles. The van der Waals surface area contributed by atoms with Crippen molar-refractivity contribution in [2.45, 2.75) is 22.1 Å². The molecule has 1 heterocycles. The number of sulfonamides is 1. The molecule has 2 aromatic carbocycles. The van der Waals surface area contributed by atoms with Crippen LogP contribution in [0.1, 0.15) is 17.9 Å². The summed E-state index contributed by atoms with van der Waals surface area (Å²) in [5.41, 5.74) is -0.546. The Bertz CT molecular complexity index is 1320. The van der Waals surface area contributed by atoms with Gasteiger partial charge in [-0.1, -0.05) is 41.9 Å². The summed E-state index contributed by atoms with van der Waals surface area (Å²) in [7, 11) is -4.15. The molecule has 33 heavy (non-hydrogen) atoms. The van der Waals surface area contributed by atoms with E-state index >= 15 is 0 Å². The van der Waals surface area contributed by atoms with Crippen molar-refractivity contribution in [3.8, 4) is 16.2 Å². The Labute approximate surface area is 198 Å². The van der Waals surface area contributed by atoms with Crippen LogP contribution in [-0.2, 0) is 19.6 Å². The Morgan fingerprint density at radius 2 is 1.79 bits per heavy atom. The summed E-state index contributed by atoms with van der Waals surface area (Å²) in [5, 5.41) is 19.3. The maximum atomic E-state index is 13.1. The predicted molar refractivity (Wildman–Crippen MR) is 122 cm³/mol. The SMILES string of the molecule is O=C(O)COc1ccccc1[C@@H]1CC1(NS(=O)(=O)c1ccc(-c2ccc(Cl)cc2)s1)C(=O)O. The summed E-state index contributed by atoms with van der Waals surface area (Å²) in [6.07, 6.45) is 0.00439. The molecule has 0 radical (unpaired) electrons. The van der Waals surface area contributed by atoms with E-state index in [9.17, 15) is 23.1 Å². The summed E-state index contributed by atoms with van der Waals surface area (Å²) in [6, 6.07) is 16.4. The molecular formula is C22H18ClNO7S2. The van der Waals surface area contributed by atoms with Crippen molar-refractivity contribution < 1.29 is 33.0 Å². The highest BCUT2D eigenvalue weighted by Crippen LogP contribution is 2.55. The standard InChI is InChI=1S/C22H18ClNO7S2/c23-14-7-5-13(6-8-14)18-9-10-20(32-18)33(29,30)24-22(21(27)28)11-16(22)15-3-1-2-4-17(15)31-12-19(25)26/h1-10,16,24H,11-12H2,(H,25,26)(H,27,28)/t16-,22?/m0/s1. The van der Waals surface area contributed by atoms with Gasteiger partial charge < -0.3 is 14.9 Å². The average Bonchev–Trinajstić information content (AvgIpc) is 3.25. The maximum absolute atomic E-state index is 13.1. The first kappa shape index (κ1) is 23.2. The van der Waals surface area contributed by atoms with E-state index < -0.39 is 40.0 Å². The second kappa shape index (κ2) is 8.79. The van der Waals surface area contributed by atoms with Gasteiger partial charge in [0.2, 0.25) is 0 Å². The Morgan fingerprint density at radius 3 is 2.45 bits per heavy atom. The van der Waals surface area contributed by atoms with Gasteiger partial charge in [-0.05, 0) is 47.9 Å². The highest BCUT2D eigenvalue weighted by Gasteiger charge is 2.64. The first-order valence-electron chi connectivity index (χ1n) is 9.69. The fourth-order valence-corrected chi connectivity index (χ4v) is 6.44. The number of para-hydroxylation sites is 1. The van der Waals surface area contributed by atoms with Crippen molar-refractivity contribution in [3.05, 3.63) is 71.2 Å². The van der Waals surface area contributed by atoms with Crippen LogP contribution in [0.4, 0.5) is 0 Å². The number of thiophene rings is 1. The summed E-state index contributed by atoms with van der Waals surface area (Å²) in [6.45, 7) is -0.599. The summed E-state index contributed by atoms with van der Waals surface area (Å²) >= 11 is 6.91. The van der Waals surface area contributed by atoms with Crippen LogP contribution in [0.2, 0.25) is 5.02 Å². The van der Waals surface area contributed by atoms with Crippen molar-refractivity contribution in [1.29, 1.82) is 0 Å². The first-order chi connectivity index (χ1) is 15.6. The van der Waals surface area contributed by atoms with Gasteiger partial charge in [-0.15, -0.1) is 11.3 Å². The number of hydrogen-bond acceptors (Lipinski definition) is 6. The molecule has 3 N–H and O–H groups in total. The second-order valence-corrected chi connectivity index (χ2v) is 10.9. The van der Waals surface area contributed by atoms with Gasteiger partial charge >= 0.3 is 11.9 Å². The lowest BCUT2D eigenvalue weighted by atomic mass is 10.1. The number of hydrogen-bond donors (Lipinski definition) is 3. The Morgan fingerprint density at radius 1 is 1.09 bits per heavy atom. The van der Waals surface area contributed by atoms with Gasteiger partial charge in [-0.3, -0.25) is 4.79 Å². The molecule has 2 atom stereocenters. The molecule has 4 rings (SSSR count). The molecule has 1 aromatic heterocycles. The molecule has 0 bridgehead atoms. The van der Waals surface area contributed by atoms with Crippen molar-refractivity contribution in [3.63, 3.8) is 0 Å². The number of rotatable bonds is 9. The van der Waals surface area contributed by atoms with E-state index in [1.165, 1.54) is 12.1 Å². The van der Waals surface area contributed by atoms with Crippen molar-refractivity contribution in [2.24, 2.45) is 0 Å². The lowest BCUT2D eigenvalue weighted by Gasteiger charge is -2.16. The third-order valence-corrected chi connectivity index (χ3v) is 8.67. The Kier molecular flexibility index (Phi) is 6.19. The normalized spacial score (nSPS) is 19.7. The summed E-state index contributed by atoms with van der Waals surface area (Å²) in [5.74, 6) is -3.02. The van der Waals surface area contributed by atoms with Crippen molar-refractivity contribution >= 4 is 44.9 Å². The van der Waals surface area contributed by atoms with E-state index in [-0.39, 0.29) is 16.4 Å². The molecule has 8 nitrogen and oxygen atoms in total. The van der Waals surface area contributed by atoms with Gasteiger partial charge in [-0.25, -0.2) is 13.2 Å². The third-order valence-electron chi connectivity index (χ3n) is 5.28. The molecule has 3 aromatic rings. The van der Waals surface area contributed by atoms with Crippen molar-refractivity contribution in [2.75, 3.05) is 6.61 Å². The van der Waals surface area contributed by atoms with Crippen LogP contribution < -0.4 is 9.46 Å². The molecule has 1 fully saturated rings. The van der Waals surface area contributed by atoms with E-state index in [1.807, 2.05) is 0 Å². The van der Waals surface area contributed by atoms with Crippen LogP contribution in [0, 0.1) is 0 Å². The summed E-state index contributed by atoms with van der Waals surface area (Å²) < 4.78 is 33.8. The molecule has 1 unspecified atom stereocenters. The number of aliphatic carboxylic acids is 2. The largest absolute Gasteiger partial charge is 0.482 e. The lowest BCUT2D eigenvalue weighted by molar-refractivity contribution is -0.141. The quantitative estimate of drug-likeness (QED) is 0.401. The molecule has 0 saturated heterocycles. The first-order valence-corrected chi connectivity index (χ1v) is 12.4. The number of carboxylic acids is 2. The molecule has 0 spiro atoms. The minimum atomic E-state index is -4.15. The predicted octanol–water partition coefficient (Wildman–Crippen LogP) is 3.82. The topological polar surface area (TPSA) is 130 Å². The number of nitrogens with one attached hydrogen (secondary N) is 1. The second-order valence-electron chi connectivity index (χ2n) is 7.48. The Hall–Kier alpha value is -2.92. The van der Waals surface area contributed by atoms with Crippen LogP contribution in [0.3, 0.4) is 0 Å². The van der Waals surface area contributed by atoms with Gasteiger partial charge in [0.1, 0.15) is 15.5 Å². The summed E-state index contributed by atoms with van der Waals surface area (Å²) in [4.78, 5) is 23.7. The monoisotopic (exact) mass is 507 g/mol. The lowest BCUT2D eigenvalue weighted by Crippen LogP contribution is -2.44. The van der Waals surface area contributed by atoms with Gasteiger partial charge in [0.05, 0.1) is 0 Å². The molecular weight excluding hydrogens is 490 g/mol. The zero-order valence-electron chi connectivity index (χ0n) is 16.9. The van der Waals surface area contributed by atoms with E-state index in [1.54, 1.807) is 48.5 Å². The van der Waals surface area contributed by atoms with Gasteiger partial charge in [0.25, 0.3) is 10.0 Å². The molecule has 1 saturated carbocycles. The molecule has 11 heteroatoms.